The number of carboxylic acids is 1. The van der Waals surface area contributed by atoms with Crippen molar-refractivity contribution in [2.24, 2.45) is 17.8 Å². The molecule has 4 atom stereocenters. The van der Waals surface area contributed by atoms with Gasteiger partial charge in [0.05, 0.1) is 24.5 Å². The van der Waals surface area contributed by atoms with Crippen LogP contribution in [0.2, 0.25) is 0 Å². The summed E-state index contributed by atoms with van der Waals surface area (Å²) in [6.07, 6.45) is 6.40. The summed E-state index contributed by atoms with van der Waals surface area (Å²) in [7, 11) is 0. The lowest BCUT2D eigenvalue weighted by Gasteiger charge is -2.30. The summed E-state index contributed by atoms with van der Waals surface area (Å²) in [5.41, 5.74) is 6.43. The number of phenolic OH excluding ortho intramolecular Hbond substituents is 1. The van der Waals surface area contributed by atoms with Crippen molar-refractivity contribution in [1.82, 2.24) is 4.90 Å². The van der Waals surface area contributed by atoms with E-state index in [-0.39, 0.29) is 42.1 Å². The molecule has 37 heavy (non-hydrogen) atoms. The summed E-state index contributed by atoms with van der Waals surface area (Å²) in [5.74, 6) is -1.31. The lowest BCUT2D eigenvalue weighted by molar-refractivity contribution is -0.141. The van der Waals surface area contributed by atoms with Crippen LogP contribution in [-0.4, -0.2) is 52.2 Å². The smallest absolute Gasteiger partial charge is 0.303 e. The van der Waals surface area contributed by atoms with Crippen LogP contribution in [0.1, 0.15) is 75.5 Å². The van der Waals surface area contributed by atoms with Crippen LogP contribution in [0.3, 0.4) is 0 Å². The third kappa shape index (κ3) is 5.66. The number of nitrogens with zero attached hydrogens (tertiary/aromatic N) is 1. The van der Waals surface area contributed by atoms with E-state index in [0.29, 0.717) is 44.6 Å². The van der Waals surface area contributed by atoms with Gasteiger partial charge in [0.2, 0.25) is 11.8 Å². The summed E-state index contributed by atoms with van der Waals surface area (Å²) in [4.78, 5) is 38.6. The van der Waals surface area contributed by atoms with Crippen LogP contribution in [0.5, 0.6) is 5.75 Å². The number of phenols is 1. The number of carbonyl (C=O) groups is 3. The molecule has 0 spiro atoms. The highest BCUT2D eigenvalue weighted by molar-refractivity contribution is 6.05. The topological polar surface area (TPSA) is 104 Å². The molecule has 0 bridgehead atoms. The average Bonchev–Trinajstić information content (AvgIpc) is 3.36. The lowest BCUT2D eigenvalue weighted by Crippen LogP contribution is -2.34. The van der Waals surface area contributed by atoms with Crippen LogP contribution in [0.4, 0.5) is 0 Å². The number of benzene rings is 1. The Morgan fingerprint density at radius 2 is 1.76 bits per heavy atom. The van der Waals surface area contributed by atoms with Crippen molar-refractivity contribution in [2.75, 3.05) is 13.2 Å². The number of ether oxygens (including phenoxy) is 1. The zero-order chi connectivity index (χ0) is 26.9. The van der Waals surface area contributed by atoms with Gasteiger partial charge in [0.1, 0.15) is 5.75 Å². The number of aromatic hydroxyl groups is 1. The quantitative estimate of drug-likeness (QED) is 0.256. The molecule has 0 aromatic heterocycles. The first-order valence-electron chi connectivity index (χ1n) is 13.4. The lowest BCUT2D eigenvalue weighted by atomic mass is 9.70. The largest absolute Gasteiger partial charge is 0.507 e. The minimum absolute atomic E-state index is 0.0365. The Balaban J connectivity index is 1.39. The molecule has 2 saturated heterocycles. The number of rotatable bonds is 10. The molecule has 3 aliphatic rings. The number of carboxylic acid groups (broad SMARTS) is 1. The van der Waals surface area contributed by atoms with Gasteiger partial charge < -0.3 is 14.9 Å². The highest BCUT2D eigenvalue weighted by Gasteiger charge is 2.56. The highest BCUT2D eigenvalue weighted by Crippen LogP contribution is 2.49. The van der Waals surface area contributed by atoms with Crippen molar-refractivity contribution in [3.63, 3.8) is 0 Å². The summed E-state index contributed by atoms with van der Waals surface area (Å²) in [5, 5.41) is 18.8. The maximum atomic E-state index is 13.3. The van der Waals surface area contributed by atoms with Crippen molar-refractivity contribution in [3.05, 3.63) is 45.5 Å². The fourth-order valence-corrected chi connectivity index (χ4v) is 6.43. The second-order valence-corrected chi connectivity index (χ2v) is 11.1. The number of amides is 2. The van der Waals surface area contributed by atoms with Crippen LogP contribution in [-0.2, 0) is 19.1 Å². The molecule has 2 N–H and O–H groups in total. The van der Waals surface area contributed by atoms with Crippen molar-refractivity contribution in [1.29, 1.82) is 0 Å². The molecule has 2 heterocycles. The molecule has 0 saturated carbocycles. The number of imide groups is 1. The van der Waals surface area contributed by atoms with E-state index in [1.54, 1.807) is 0 Å². The second kappa shape index (κ2) is 11.2. The predicted octanol–water partition coefficient (Wildman–Crippen LogP) is 5.17. The van der Waals surface area contributed by atoms with Crippen LogP contribution >= 0.6 is 0 Å². The number of fused-ring (bicyclic) bond motifs is 3. The first-order chi connectivity index (χ1) is 17.6. The normalized spacial score (nSPS) is 25.6. The summed E-state index contributed by atoms with van der Waals surface area (Å²) < 4.78 is 6.23. The number of likely N-dealkylation sites (tertiary alicyclic amines) is 1. The third-order valence-corrected chi connectivity index (χ3v) is 8.24. The number of allylic oxidation sites excluding steroid dienone is 2. The SMILES string of the molecule is CC1=C2[C@@H](CC/C(C)=C/c3cc(C)c(O)c(C)c3)OC[C@@H]2[C@@H]2C(=O)N(CCCCCC(=O)O)C(=O)[C@@H]2C1. The molecule has 0 unspecified atom stereocenters. The second-order valence-electron chi connectivity index (χ2n) is 11.1. The summed E-state index contributed by atoms with van der Waals surface area (Å²) in [6, 6.07) is 3.98. The van der Waals surface area contributed by atoms with E-state index in [1.807, 2.05) is 26.0 Å². The van der Waals surface area contributed by atoms with E-state index >= 15 is 0 Å². The standard InChI is InChI=1S/C30H39NO6/c1-17(12-21-13-19(3)28(34)20(4)14-21)9-10-24-26-18(2)15-22-27(23(26)16-37-24)30(36)31(29(22)35)11-7-5-6-8-25(32)33/h12-14,22-24,27,34H,5-11,15-16H2,1-4H3,(H,32,33)/b17-12+/t22-,23+,24-,27-/m1/s1. The van der Waals surface area contributed by atoms with Gasteiger partial charge in [0.15, 0.2) is 0 Å². The maximum Gasteiger partial charge on any atom is 0.303 e. The van der Waals surface area contributed by atoms with Gasteiger partial charge in [-0.1, -0.05) is 23.6 Å². The molecule has 0 radical (unpaired) electrons. The van der Waals surface area contributed by atoms with Gasteiger partial charge in [0, 0.05) is 18.9 Å². The van der Waals surface area contributed by atoms with Gasteiger partial charge in [-0.25, -0.2) is 0 Å². The minimum atomic E-state index is -0.819. The molecular formula is C30H39NO6. The first kappa shape index (κ1) is 27.1. The first-order valence-corrected chi connectivity index (χ1v) is 13.4. The molecule has 2 aliphatic heterocycles. The Hall–Kier alpha value is -2.93. The van der Waals surface area contributed by atoms with Crippen molar-refractivity contribution >= 4 is 23.9 Å². The molecule has 1 aromatic rings. The van der Waals surface area contributed by atoms with Crippen LogP contribution in [0, 0.1) is 31.6 Å². The number of carbonyl (C=O) groups excluding carboxylic acids is 2. The predicted molar refractivity (Wildman–Crippen MR) is 141 cm³/mol. The van der Waals surface area contributed by atoms with Gasteiger partial charge in [-0.15, -0.1) is 0 Å². The molecule has 2 amide bonds. The number of aliphatic carboxylic acids is 1. The van der Waals surface area contributed by atoms with E-state index in [0.717, 1.165) is 29.5 Å². The maximum absolute atomic E-state index is 13.3. The molecule has 1 aliphatic carbocycles. The zero-order valence-corrected chi connectivity index (χ0v) is 22.4. The Kier molecular flexibility index (Phi) is 8.22. The van der Waals surface area contributed by atoms with E-state index < -0.39 is 5.97 Å². The highest BCUT2D eigenvalue weighted by atomic mass is 16.5. The molecule has 7 heteroatoms. The number of hydrogen-bond acceptors (Lipinski definition) is 5. The van der Waals surface area contributed by atoms with E-state index in [1.165, 1.54) is 21.6 Å². The minimum Gasteiger partial charge on any atom is -0.507 e. The fraction of sp³-hybridized carbons (Fsp3) is 0.567. The number of unbranched alkanes of at least 4 members (excludes halogenated alkanes) is 2. The molecule has 7 nitrogen and oxygen atoms in total. The van der Waals surface area contributed by atoms with Gasteiger partial charge in [-0.3, -0.25) is 19.3 Å². The van der Waals surface area contributed by atoms with E-state index in [4.69, 9.17) is 9.84 Å². The van der Waals surface area contributed by atoms with Gasteiger partial charge in [-0.2, -0.15) is 0 Å². The molecule has 200 valence electrons. The van der Waals surface area contributed by atoms with Gasteiger partial charge >= 0.3 is 5.97 Å². The Bertz CT molecular complexity index is 1130. The Morgan fingerprint density at radius 1 is 1.05 bits per heavy atom. The zero-order valence-electron chi connectivity index (χ0n) is 22.4. The number of aryl methyl sites for hydroxylation is 2. The summed E-state index contributed by atoms with van der Waals surface area (Å²) in [6.45, 7) is 8.84. The summed E-state index contributed by atoms with van der Waals surface area (Å²) >= 11 is 0. The third-order valence-electron chi connectivity index (χ3n) is 8.24. The Labute approximate surface area is 219 Å². The molecular weight excluding hydrogens is 470 g/mol. The monoisotopic (exact) mass is 509 g/mol. The van der Waals surface area contributed by atoms with Gasteiger partial charge in [0.25, 0.3) is 0 Å². The van der Waals surface area contributed by atoms with Gasteiger partial charge in [-0.05, 0) is 94.2 Å². The van der Waals surface area contributed by atoms with Crippen LogP contribution < -0.4 is 0 Å². The Morgan fingerprint density at radius 3 is 2.43 bits per heavy atom. The number of hydrogen-bond donors (Lipinski definition) is 2. The van der Waals surface area contributed by atoms with Crippen molar-refractivity contribution in [3.8, 4) is 5.75 Å². The van der Waals surface area contributed by atoms with Crippen molar-refractivity contribution in [2.45, 2.75) is 78.7 Å². The van der Waals surface area contributed by atoms with Crippen LogP contribution in [0.25, 0.3) is 6.08 Å². The molecule has 1 aromatic carbocycles. The molecule has 4 rings (SSSR count). The fourth-order valence-electron chi connectivity index (χ4n) is 6.43. The van der Waals surface area contributed by atoms with E-state index in [2.05, 4.69) is 19.9 Å². The average molecular weight is 510 g/mol. The van der Waals surface area contributed by atoms with Crippen LogP contribution in [0.15, 0.2) is 28.9 Å². The van der Waals surface area contributed by atoms with Crippen molar-refractivity contribution < 1.29 is 29.3 Å². The molecule has 2 fully saturated rings. The van der Waals surface area contributed by atoms with E-state index in [9.17, 15) is 19.5 Å².